The van der Waals surface area contributed by atoms with Crippen LogP contribution >= 0.6 is 24.0 Å². The van der Waals surface area contributed by atoms with Crippen LogP contribution in [0.4, 0.5) is 5.69 Å². The van der Waals surface area contributed by atoms with Crippen LogP contribution < -0.4 is 11.1 Å². The zero-order valence-electron chi connectivity index (χ0n) is 14.1. The van der Waals surface area contributed by atoms with E-state index < -0.39 is 0 Å². The summed E-state index contributed by atoms with van der Waals surface area (Å²) >= 11 is 0. The zero-order valence-corrected chi connectivity index (χ0v) is 16.4. The predicted octanol–water partition coefficient (Wildman–Crippen LogP) is 2.92. The van der Waals surface area contributed by atoms with Gasteiger partial charge in [0.1, 0.15) is 6.54 Å². The van der Waals surface area contributed by atoms with Crippen molar-refractivity contribution in [3.05, 3.63) is 29.3 Å². The fourth-order valence-electron chi connectivity index (χ4n) is 3.47. The Labute approximate surface area is 161 Å². The Morgan fingerprint density at radius 1 is 1.12 bits per heavy atom. The van der Waals surface area contributed by atoms with Gasteiger partial charge in [-0.3, -0.25) is 4.79 Å². The smallest absolute Gasteiger partial charge is 0.244 e. The number of likely N-dealkylation sites (tertiary alicyclic amines) is 1. The largest absolute Gasteiger partial charge is 0.370 e. The minimum Gasteiger partial charge on any atom is -0.370 e. The monoisotopic (exact) mass is 442 g/mol. The number of anilines is 1. The van der Waals surface area contributed by atoms with Gasteiger partial charge >= 0.3 is 0 Å². The van der Waals surface area contributed by atoms with E-state index in [-0.39, 0.29) is 36.4 Å². The van der Waals surface area contributed by atoms with Crippen molar-refractivity contribution in [1.29, 1.82) is 0 Å². The molecule has 0 spiro atoms. The molecule has 3 rings (SSSR count). The molecule has 24 heavy (non-hydrogen) atoms. The number of piperidine rings is 1. The topological polar surface area (TPSA) is 70.7 Å². The SMILES string of the molecule is I.NC(=NCC(=O)N1CCCCC1)Nc1cccc2c1CCCC2. The van der Waals surface area contributed by atoms with Crippen LogP contribution in [-0.4, -0.2) is 36.4 Å². The second-order valence-corrected chi connectivity index (χ2v) is 6.42. The number of aliphatic imine (C=N–C) groups is 1. The summed E-state index contributed by atoms with van der Waals surface area (Å²) in [5.74, 6) is 0.402. The first kappa shape index (κ1) is 19.0. The Bertz CT molecular complexity index is 597. The molecule has 0 saturated carbocycles. The number of halogens is 1. The number of amides is 1. The van der Waals surface area contributed by atoms with Gasteiger partial charge in [-0.1, -0.05) is 12.1 Å². The summed E-state index contributed by atoms with van der Waals surface area (Å²) in [5.41, 5.74) is 9.77. The number of rotatable bonds is 3. The van der Waals surface area contributed by atoms with E-state index in [1.807, 2.05) is 11.0 Å². The van der Waals surface area contributed by atoms with Crippen LogP contribution in [0.2, 0.25) is 0 Å². The molecule has 0 bridgehead atoms. The second-order valence-electron chi connectivity index (χ2n) is 6.42. The second kappa shape index (κ2) is 9.25. The third-order valence-corrected chi connectivity index (χ3v) is 4.75. The molecular formula is C18H27IN4O. The Balaban J connectivity index is 0.00000208. The van der Waals surface area contributed by atoms with Gasteiger partial charge in [-0.25, -0.2) is 4.99 Å². The highest BCUT2D eigenvalue weighted by molar-refractivity contribution is 14.0. The molecular weight excluding hydrogens is 415 g/mol. The number of nitrogens with two attached hydrogens (primary N) is 1. The van der Waals surface area contributed by atoms with Crippen molar-refractivity contribution in [3.63, 3.8) is 0 Å². The fraction of sp³-hybridized carbons (Fsp3) is 0.556. The Hall–Kier alpha value is -1.31. The molecule has 6 heteroatoms. The maximum absolute atomic E-state index is 12.1. The van der Waals surface area contributed by atoms with Crippen molar-refractivity contribution < 1.29 is 4.79 Å². The molecule has 1 aliphatic heterocycles. The minimum atomic E-state index is 0. The molecule has 1 aromatic carbocycles. The Kier molecular flexibility index (Phi) is 7.33. The summed E-state index contributed by atoms with van der Waals surface area (Å²) in [6.45, 7) is 1.84. The molecule has 1 fully saturated rings. The number of guanidine groups is 1. The highest BCUT2D eigenvalue weighted by Gasteiger charge is 2.16. The average Bonchev–Trinajstić information content (AvgIpc) is 2.61. The number of carbonyl (C=O) groups excluding carboxylic acids is 1. The summed E-state index contributed by atoms with van der Waals surface area (Å²) in [7, 11) is 0. The van der Waals surface area contributed by atoms with Gasteiger partial charge in [-0.05, 0) is 62.1 Å². The molecule has 1 heterocycles. The maximum atomic E-state index is 12.1. The van der Waals surface area contributed by atoms with Gasteiger partial charge in [0.25, 0.3) is 0 Å². The zero-order chi connectivity index (χ0) is 16.1. The molecule has 1 aromatic rings. The van der Waals surface area contributed by atoms with E-state index >= 15 is 0 Å². The highest BCUT2D eigenvalue weighted by Crippen LogP contribution is 2.27. The fourth-order valence-corrected chi connectivity index (χ4v) is 3.47. The van der Waals surface area contributed by atoms with Gasteiger partial charge in [0.15, 0.2) is 5.96 Å². The van der Waals surface area contributed by atoms with Crippen LogP contribution in [0.5, 0.6) is 0 Å². The minimum absolute atomic E-state index is 0. The summed E-state index contributed by atoms with van der Waals surface area (Å²) in [6.07, 6.45) is 8.10. The first-order chi connectivity index (χ1) is 11.2. The van der Waals surface area contributed by atoms with Crippen molar-refractivity contribution in [2.75, 3.05) is 25.0 Å². The molecule has 1 saturated heterocycles. The number of fused-ring (bicyclic) bond motifs is 1. The van der Waals surface area contributed by atoms with Crippen LogP contribution in [-0.2, 0) is 17.6 Å². The van der Waals surface area contributed by atoms with Gasteiger partial charge in [-0.15, -0.1) is 24.0 Å². The van der Waals surface area contributed by atoms with E-state index in [1.54, 1.807) is 0 Å². The standard InChI is InChI=1S/C18H26N4O.HI/c19-18(20-13-17(23)22-11-4-1-5-12-22)21-16-10-6-8-14-7-2-3-9-15(14)16;/h6,8,10H,1-5,7,9,11-13H2,(H3,19,20,21);1H. The summed E-state index contributed by atoms with van der Waals surface area (Å²) in [6, 6.07) is 6.28. The normalized spacial score (nSPS) is 17.7. The van der Waals surface area contributed by atoms with Gasteiger partial charge in [0.2, 0.25) is 5.91 Å². The lowest BCUT2D eigenvalue weighted by molar-refractivity contribution is -0.130. The van der Waals surface area contributed by atoms with E-state index in [4.69, 9.17) is 5.73 Å². The molecule has 1 aliphatic carbocycles. The lowest BCUT2D eigenvalue weighted by Crippen LogP contribution is -2.37. The van der Waals surface area contributed by atoms with E-state index in [0.29, 0.717) is 5.96 Å². The number of hydrogen-bond acceptors (Lipinski definition) is 2. The summed E-state index contributed by atoms with van der Waals surface area (Å²) < 4.78 is 0. The number of benzene rings is 1. The molecule has 0 atom stereocenters. The van der Waals surface area contributed by atoms with Crippen LogP contribution in [0.25, 0.3) is 0 Å². The molecule has 0 aromatic heterocycles. The van der Waals surface area contributed by atoms with Crippen molar-refractivity contribution in [2.45, 2.75) is 44.9 Å². The number of carbonyl (C=O) groups is 1. The molecule has 132 valence electrons. The van der Waals surface area contributed by atoms with Crippen LogP contribution in [0.3, 0.4) is 0 Å². The van der Waals surface area contributed by atoms with E-state index in [2.05, 4.69) is 22.4 Å². The third-order valence-electron chi connectivity index (χ3n) is 4.75. The van der Waals surface area contributed by atoms with Crippen LogP contribution in [0.15, 0.2) is 23.2 Å². The number of nitrogens with one attached hydrogen (secondary N) is 1. The number of nitrogens with zero attached hydrogens (tertiary/aromatic N) is 2. The van der Waals surface area contributed by atoms with Crippen molar-refractivity contribution in [3.8, 4) is 0 Å². The highest BCUT2D eigenvalue weighted by atomic mass is 127. The van der Waals surface area contributed by atoms with Gasteiger partial charge < -0.3 is 16.0 Å². The first-order valence-corrected chi connectivity index (χ1v) is 8.69. The molecule has 1 amide bonds. The maximum Gasteiger partial charge on any atom is 0.244 e. The van der Waals surface area contributed by atoms with Crippen molar-refractivity contribution in [1.82, 2.24) is 4.90 Å². The van der Waals surface area contributed by atoms with Gasteiger partial charge in [0, 0.05) is 18.8 Å². The van der Waals surface area contributed by atoms with Crippen LogP contribution in [0, 0.1) is 0 Å². The Morgan fingerprint density at radius 2 is 1.88 bits per heavy atom. The quantitative estimate of drug-likeness (QED) is 0.430. The Morgan fingerprint density at radius 3 is 2.67 bits per heavy atom. The first-order valence-electron chi connectivity index (χ1n) is 8.69. The van der Waals surface area contributed by atoms with Crippen molar-refractivity contribution >= 4 is 41.5 Å². The van der Waals surface area contributed by atoms with E-state index in [9.17, 15) is 4.79 Å². The summed E-state index contributed by atoms with van der Waals surface area (Å²) in [4.78, 5) is 18.3. The third kappa shape index (κ3) is 4.84. The van der Waals surface area contributed by atoms with Crippen molar-refractivity contribution in [2.24, 2.45) is 10.7 Å². The molecule has 0 unspecified atom stereocenters. The van der Waals surface area contributed by atoms with Gasteiger partial charge in [0.05, 0.1) is 0 Å². The average molecular weight is 442 g/mol. The molecule has 2 aliphatic rings. The predicted molar refractivity (Wildman–Crippen MR) is 109 cm³/mol. The molecule has 3 N–H and O–H groups in total. The van der Waals surface area contributed by atoms with Gasteiger partial charge in [-0.2, -0.15) is 0 Å². The lowest BCUT2D eigenvalue weighted by atomic mass is 9.90. The lowest BCUT2D eigenvalue weighted by Gasteiger charge is -2.26. The molecule has 5 nitrogen and oxygen atoms in total. The van der Waals surface area contributed by atoms with Crippen LogP contribution in [0.1, 0.15) is 43.2 Å². The van der Waals surface area contributed by atoms with E-state index in [1.165, 1.54) is 30.4 Å². The van der Waals surface area contributed by atoms with E-state index in [0.717, 1.165) is 44.5 Å². The molecule has 0 radical (unpaired) electrons. The summed E-state index contributed by atoms with van der Waals surface area (Å²) in [5, 5.41) is 3.19. The number of aryl methyl sites for hydroxylation is 1. The number of hydrogen-bond donors (Lipinski definition) is 2.